The number of benzene rings is 3. The number of nitrogens with one attached hydrogen (secondary N) is 1. The van der Waals surface area contributed by atoms with Crippen molar-refractivity contribution in [1.82, 2.24) is 5.32 Å². The topological polar surface area (TPSA) is 88.0 Å². The van der Waals surface area contributed by atoms with Crippen molar-refractivity contribution >= 4 is 6.09 Å². The summed E-state index contributed by atoms with van der Waals surface area (Å²) in [5, 5.41) is 23.1. The van der Waals surface area contributed by atoms with Gasteiger partial charge in [-0.3, -0.25) is 0 Å². The van der Waals surface area contributed by atoms with Crippen LogP contribution in [0.4, 0.5) is 4.79 Å². The maximum Gasteiger partial charge on any atom is 0.407 e. The molecule has 6 nitrogen and oxygen atoms in total. The summed E-state index contributed by atoms with van der Waals surface area (Å²) in [5.74, 6) is 0.581. The molecule has 0 radical (unpaired) electrons. The van der Waals surface area contributed by atoms with Crippen molar-refractivity contribution in [2.24, 2.45) is 0 Å². The van der Waals surface area contributed by atoms with E-state index in [2.05, 4.69) is 5.32 Å². The Morgan fingerprint density at radius 3 is 2.13 bits per heavy atom. The van der Waals surface area contributed by atoms with Gasteiger partial charge in [0.15, 0.2) is 0 Å². The van der Waals surface area contributed by atoms with Crippen molar-refractivity contribution in [1.29, 1.82) is 0 Å². The van der Waals surface area contributed by atoms with Crippen LogP contribution in [0.5, 0.6) is 5.75 Å². The van der Waals surface area contributed by atoms with Gasteiger partial charge in [0.05, 0.1) is 0 Å². The van der Waals surface area contributed by atoms with Crippen LogP contribution in [0.3, 0.4) is 0 Å². The summed E-state index contributed by atoms with van der Waals surface area (Å²) < 4.78 is 10.8. The first-order valence-corrected chi connectivity index (χ1v) is 9.69. The molecule has 2 atom stereocenters. The molecule has 2 unspecified atom stereocenters. The van der Waals surface area contributed by atoms with Gasteiger partial charge < -0.3 is 25.0 Å². The maximum atomic E-state index is 11.8. The molecule has 156 valence electrons. The van der Waals surface area contributed by atoms with Crippen LogP contribution in [0.1, 0.15) is 22.8 Å². The van der Waals surface area contributed by atoms with Gasteiger partial charge in [0.25, 0.3) is 0 Å². The predicted molar refractivity (Wildman–Crippen MR) is 113 cm³/mol. The Morgan fingerprint density at radius 1 is 0.833 bits per heavy atom. The van der Waals surface area contributed by atoms with Gasteiger partial charge in [-0.1, -0.05) is 72.8 Å². The number of alkyl carbamates (subject to hydrolysis) is 1. The van der Waals surface area contributed by atoms with E-state index in [9.17, 15) is 15.0 Å². The summed E-state index contributed by atoms with van der Waals surface area (Å²) in [6.45, 7) is 0.383. The van der Waals surface area contributed by atoms with Gasteiger partial charge >= 0.3 is 6.09 Å². The molecule has 1 amide bonds. The number of aliphatic hydroxyl groups is 2. The molecule has 0 aliphatic heterocycles. The molecule has 0 spiro atoms. The summed E-state index contributed by atoms with van der Waals surface area (Å²) >= 11 is 0. The highest BCUT2D eigenvalue weighted by Gasteiger charge is 2.20. The third kappa shape index (κ3) is 6.62. The smallest absolute Gasteiger partial charge is 0.407 e. The van der Waals surface area contributed by atoms with Gasteiger partial charge in [0, 0.05) is 6.54 Å². The van der Waals surface area contributed by atoms with E-state index >= 15 is 0 Å². The molecule has 0 aliphatic carbocycles. The largest absolute Gasteiger partial charge is 0.489 e. The number of aliphatic hydroxyl groups excluding tert-OH is 2. The molecule has 0 aliphatic rings. The number of hydrogen-bond acceptors (Lipinski definition) is 5. The summed E-state index contributed by atoms with van der Waals surface area (Å²) in [6, 6.07) is 25.9. The molecule has 0 saturated heterocycles. The van der Waals surface area contributed by atoms with E-state index in [1.807, 2.05) is 60.7 Å². The number of amides is 1. The normalized spacial score (nSPS) is 12.6. The second-order valence-electron chi connectivity index (χ2n) is 6.80. The Bertz CT molecular complexity index is 917. The van der Waals surface area contributed by atoms with E-state index in [0.29, 0.717) is 17.9 Å². The van der Waals surface area contributed by atoms with E-state index in [4.69, 9.17) is 9.47 Å². The van der Waals surface area contributed by atoms with Crippen LogP contribution < -0.4 is 10.1 Å². The minimum Gasteiger partial charge on any atom is -0.489 e. The van der Waals surface area contributed by atoms with Crippen LogP contribution in [-0.2, 0) is 18.0 Å². The average Bonchev–Trinajstić information content (AvgIpc) is 2.81. The number of rotatable bonds is 9. The fourth-order valence-electron chi connectivity index (χ4n) is 2.83. The minimum atomic E-state index is -1.20. The van der Waals surface area contributed by atoms with Crippen molar-refractivity contribution in [2.75, 3.05) is 6.54 Å². The quantitative estimate of drug-likeness (QED) is 0.505. The zero-order valence-corrected chi connectivity index (χ0v) is 16.5. The van der Waals surface area contributed by atoms with Crippen LogP contribution in [0, 0.1) is 0 Å². The lowest BCUT2D eigenvalue weighted by Gasteiger charge is -2.19. The number of carbonyl (C=O) groups excluding carboxylic acids is 1. The summed E-state index contributed by atoms with van der Waals surface area (Å²) in [5.41, 5.74) is 2.38. The van der Waals surface area contributed by atoms with E-state index in [1.165, 1.54) is 0 Å². The third-order valence-corrected chi connectivity index (χ3v) is 4.48. The SMILES string of the molecule is O=C(NCC(O)C(O)c1cccc(OCc2ccccc2)c1)OCc1ccccc1. The summed E-state index contributed by atoms with van der Waals surface area (Å²) in [4.78, 5) is 11.8. The average molecular weight is 407 g/mol. The van der Waals surface area contributed by atoms with E-state index in [1.54, 1.807) is 24.3 Å². The minimum absolute atomic E-state index is 0.131. The fraction of sp³-hybridized carbons (Fsp3) is 0.208. The van der Waals surface area contributed by atoms with Gasteiger partial charge in [0.1, 0.15) is 31.2 Å². The van der Waals surface area contributed by atoms with Crippen molar-refractivity contribution in [3.05, 3.63) is 102 Å². The van der Waals surface area contributed by atoms with Gasteiger partial charge in [0.2, 0.25) is 0 Å². The highest BCUT2D eigenvalue weighted by molar-refractivity contribution is 5.67. The summed E-state index contributed by atoms with van der Waals surface area (Å²) in [7, 11) is 0. The van der Waals surface area contributed by atoms with Crippen LogP contribution in [0.15, 0.2) is 84.9 Å². The highest BCUT2D eigenvalue weighted by Crippen LogP contribution is 2.22. The van der Waals surface area contributed by atoms with E-state index in [-0.39, 0.29) is 13.2 Å². The first-order valence-electron chi connectivity index (χ1n) is 9.69. The number of hydrogen-bond donors (Lipinski definition) is 3. The van der Waals surface area contributed by atoms with Crippen molar-refractivity contribution in [3.63, 3.8) is 0 Å². The Labute approximate surface area is 175 Å². The molecule has 0 fully saturated rings. The van der Waals surface area contributed by atoms with Crippen molar-refractivity contribution in [2.45, 2.75) is 25.4 Å². The van der Waals surface area contributed by atoms with Gasteiger partial charge in [-0.15, -0.1) is 0 Å². The lowest BCUT2D eigenvalue weighted by atomic mass is 10.0. The molecule has 3 aromatic carbocycles. The molecule has 30 heavy (non-hydrogen) atoms. The van der Waals surface area contributed by atoms with Crippen LogP contribution >= 0.6 is 0 Å². The zero-order valence-electron chi connectivity index (χ0n) is 16.5. The van der Waals surface area contributed by atoms with Crippen molar-refractivity contribution < 1.29 is 24.5 Å². The molecule has 3 aromatic rings. The number of ether oxygens (including phenoxy) is 2. The molecular formula is C24H25NO5. The Kier molecular flexibility index (Phi) is 7.83. The zero-order chi connectivity index (χ0) is 21.2. The Hall–Kier alpha value is -3.35. The third-order valence-electron chi connectivity index (χ3n) is 4.48. The molecule has 6 heteroatoms. The second-order valence-corrected chi connectivity index (χ2v) is 6.80. The standard InChI is InChI=1S/C24H25NO5/c26-22(15-25-24(28)30-17-19-10-5-2-6-11-19)23(27)20-12-7-13-21(14-20)29-16-18-8-3-1-4-9-18/h1-14,22-23,26-27H,15-17H2,(H,25,28). The summed E-state index contributed by atoms with van der Waals surface area (Å²) in [6.07, 6.45) is -3.04. The Balaban J connectivity index is 1.46. The van der Waals surface area contributed by atoms with E-state index < -0.39 is 18.3 Å². The maximum absolute atomic E-state index is 11.8. The van der Waals surface area contributed by atoms with Crippen LogP contribution in [0.2, 0.25) is 0 Å². The predicted octanol–water partition coefficient (Wildman–Crippen LogP) is 3.59. The first-order chi connectivity index (χ1) is 14.6. The van der Waals surface area contributed by atoms with E-state index in [0.717, 1.165) is 11.1 Å². The van der Waals surface area contributed by atoms with Gasteiger partial charge in [-0.25, -0.2) is 4.79 Å². The molecule has 0 aromatic heterocycles. The fourth-order valence-corrected chi connectivity index (χ4v) is 2.83. The molecule has 3 N–H and O–H groups in total. The van der Waals surface area contributed by atoms with Crippen LogP contribution in [-0.4, -0.2) is 29.0 Å². The number of carbonyl (C=O) groups is 1. The Morgan fingerprint density at radius 2 is 1.47 bits per heavy atom. The lowest BCUT2D eigenvalue weighted by Crippen LogP contribution is -2.35. The lowest BCUT2D eigenvalue weighted by molar-refractivity contribution is 0.0182. The van der Waals surface area contributed by atoms with Crippen LogP contribution in [0.25, 0.3) is 0 Å². The monoisotopic (exact) mass is 407 g/mol. The molecule has 0 bridgehead atoms. The highest BCUT2D eigenvalue weighted by atomic mass is 16.5. The molecule has 0 heterocycles. The molecular weight excluding hydrogens is 382 g/mol. The molecule has 3 rings (SSSR count). The van der Waals surface area contributed by atoms with Gasteiger partial charge in [-0.2, -0.15) is 0 Å². The van der Waals surface area contributed by atoms with Crippen molar-refractivity contribution in [3.8, 4) is 5.75 Å². The van der Waals surface area contributed by atoms with Gasteiger partial charge in [-0.05, 0) is 28.8 Å². The molecule has 0 saturated carbocycles. The first kappa shape index (κ1) is 21.4. The second kappa shape index (κ2) is 11.0.